The standard InChI is InChI=1S/C19H19N5O8.C4H11N/c1-20-14(25)12(15(26)21(2)18(20)29)11(9-5-7-10(8-6-9)24(31)32)13-16(27)22(3)19(30)23(4)17(13)28;1-3-5-4-2/h5-8,11,25,27H,1-4H3;5H,3-4H2,1-2H3. The second kappa shape index (κ2) is 11.5. The molecule has 14 heteroatoms. The fourth-order valence-electron chi connectivity index (χ4n) is 3.74. The third kappa shape index (κ3) is 5.38. The SMILES string of the molecule is CCNCC.Cn1c(O)c(C(c2ccc([N+](=O)[O-])cc2)c2c(O)n(C)c(=O)n(C)c2=O)c(=O)n(C)c1=O. The Kier molecular flexibility index (Phi) is 8.96. The van der Waals surface area contributed by atoms with Crippen LogP contribution in [0.4, 0.5) is 5.69 Å². The van der Waals surface area contributed by atoms with E-state index in [1.54, 1.807) is 0 Å². The van der Waals surface area contributed by atoms with Gasteiger partial charge in [-0.15, -0.1) is 0 Å². The van der Waals surface area contributed by atoms with Crippen LogP contribution in [-0.2, 0) is 28.2 Å². The molecule has 0 spiro atoms. The predicted octanol–water partition coefficient (Wildman–Crippen LogP) is -0.403. The van der Waals surface area contributed by atoms with Gasteiger partial charge in [0.15, 0.2) is 0 Å². The first-order valence-electron chi connectivity index (χ1n) is 11.2. The van der Waals surface area contributed by atoms with Gasteiger partial charge in [-0.1, -0.05) is 26.0 Å². The van der Waals surface area contributed by atoms with Crippen LogP contribution in [0.1, 0.15) is 36.5 Å². The second-order valence-corrected chi connectivity index (χ2v) is 8.12. The van der Waals surface area contributed by atoms with Crippen LogP contribution < -0.4 is 27.8 Å². The van der Waals surface area contributed by atoms with Gasteiger partial charge in [-0.3, -0.25) is 38.0 Å². The summed E-state index contributed by atoms with van der Waals surface area (Å²) in [6, 6.07) is 4.73. The Bertz CT molecular complexity index is 1460. The Balaban J connectivity index is 0.000000877. The Morgan fingerprint density at radius 3 is 1.46 bits per heavy atom. The van der Waals surface area contributed by atoms with Crippen LogP contribution in [0.3, 0.4) is 0 Å². The molecule has 0 fully saturated rings. The molecule has 37 heavy (non-hydrogen) atoms. The van der Waals surface area contributed by atoms with E-state index in [1.165, 1.54) is 40.3 Å². The zero-order valence-corrected chi connectivity index (χ0v) is 21.4. The highest BCUT2D eigenvalue weighted by Crippen LogP contribution is 2.36. The number of hydrogen-bond acceptors (Lipinski definition) is 9. The lowest BCUT2D eigenvalue weighted by Gasteiger charge is -2.22. The number of nitro benzene ring substituents is 1. The fraction of sp³-hybridized carbons (Fsp3) is 0.391. The Morgan fingerprint density at radius 1 is 0.784 bits per heavy atom. The van der Waals surface area contributed by atoms with E-state index >= 15 is 0 Å². The maximum atomic E-state index is 13.0. The average Bonchev–Trinajstić information content (AvgIpc) is 2.88. The number of nitrogens with one attached hydrogen (secondary N) is 1. The molecular weight excluding hydrogens is 488 g/mol. The van der Waals surface area contributed by atoms with E-state index in [2.05, 4.69) is 19.2 Å². The van der Waals surface area contributed by atoms with Crippen molar-refractivity contribution >= 4 is 5.69 Å². The molecule has 0 aliphatic heterocycles. The smallest absolute Gasteiger partial charge is 0.333 e. The number of hydrogen-bond donors (Lipinski definition) is 3. The Morgan fingerprint density at radius 2 is 1.16 bits per heavy atom. The molecule has 0 saturated carbocycles. The van der Waals surface area contributed by atoms with Crippen molar-refractivity contribution in [1.29, 1.82) is 0 Å². The molecule has 14 nitrogen and oxygen atoms in total. The zero-order valence-electron chi connectivity index (χ0n) is 21.4. The van der Waals surface area contributed by atoms with Crippen LogP contribution in [0, 0.1) is 10.1 Å². The molecule has 3 aromatic rings. The van der Waals surface area contributed by atoms with Crippen molar-refractivity contribution in [2.75, 3.05) is 13.1 Å². The zero-order chi connectivity index (χ0) is 28.2. The molecule has 0 aliphatic carbocycles. The first kappa shape index (κ1) is 28.8. The lowest BCUT2D eigenvalue weighted by Crippen LogP contribution is -2.42. The molecule has 0 unspecified atom stereocenters. The van der Waals surface area contributed by atoms with Gasteiger partial charge in [0.2, 0.25) is 11.8 Å². The van der Waals surface area contributed by atoms with Gasteiger partial charge in [0.05, 0.1) is 22.0 Å². The summed E-state index contributed by atoms with van der Waals surface area (Å²) in [5, 5.41) is 35.5. The largest absolute Gasteiger partial charge is 0.494 e. The van der Waals surface area contributed by atoms with Crippen LogP contribution in [-0.4, -0.2) is 46.5 Å². The molecular formula is C23H30N6O8. The topological polar surface area (TPSA) is 184 Å². The van der Waals surface area contributed by atoms with E-state index in [0.29, 0.717) is 9.13 Å². The van der Waals surface area contributed by atoms with E-state index < -0.39 is 56.2 Å². The molecule has 2 aromatic heterocycles. The lowest BCUT2D eigenvalue weighted by atomic mass is 9.86. The van der Waals surface area contributed by atoms with Gasteiger partial charge in [-0.05, 0) is 18.7 Å². The molecule has 0 bridgehead atoms. The van der Waals surface area contributed by atoms with E-state index in [1.807, 2.05) is 0 Å². The summed E-state index contributed by atoms with van der Waals surface area (Å²) in [6.45, 7) is 6.39. The van der Waals surface area contributed by atoms with Crippen LogP contribution in [0.15, 0.2) is 43.4 Å². The number of rotatable bonds is 6. The lowest BCUT2D eigenvalue weighted by molar-refractivity contribution is -0.384. The minimum atomic E-state index is -1.47. The van der Waals surface area contributed by atoms with Gasteiger partial charge in [0.25, 0.3) is 16.8 Å². The molecule has 1 aromatic carbocycles. The van der Waals surface area contributed by atoms with Gasteiger partial charge in [0, 0.05) is 40.3 Å². The summed E-state index contributed by atoms with van der Waals surface area (Å²) in [4.78, 5) is 60.8. The number of non-ortho nitro benzene ring substituents is 1. The minimum absolute atomic E-state index is 0.118. The molecule has 0 radical (unpaired) electrons. The molecule has 0 atom stereocenters. The monoisotopic (exact) mass is 518 g/mol. The Hall–Kier alpha value is -4.46. The quantitative estimate of drug-likeness (QED) is 0.288. The first-order valence-corrected chi connectivity index (χ1v) is 11.2. The van der Waals surface area contributed by atoms with Gasteiger partial charge >= 0.3 is 11.4 Å². The third-order valence-corrected chi connectivity index (χ3v) is 5.85. The highest BCUT2D eigenvalue weighted by molar-refractivity contribution is 5.49. The van der Waals surface area contributed by atoms with Crippen molar-refractivity contribution in [3.05, 3.63) is 92.7 Å². The number of nitro groups is 1. The minimum Gasteiger partial charge on any atom is -0.494 e. The Labute approximate surface area is 210 Å². The van der Waals surface area contributed by atoms with E-state index in [4.69, 9.17) is 0 Å². The number of aromatic nitrogens is 4. The van der Waals surface area contributed by atoms with E-state index in [-0.39, 0.29) is 11.3 Å². The van der Waals surface area contributed by atoms with Crippen LogP contribution >= 0.6 is 0 Å². The number of benzene rings is 1. The summed E-state index contributed by atoms with van der Waals surface area (Å²) in [5.74, 6) is -3.00. The normalized spacial score (nSPS) is 10.8. The van der Waals surface area contributed by atoms with E-state index in [9.17, 15) is 39.5 Å². The van der Waals surface area contributed by atoms with Gasteiger partial charge < -0.3 is 15.5 Å². The molecule has 0 aliphatic rings. The van der Waals surface area contributed by atoms with Crippen molar-refractivity contribution in [2.24, 2.45) is 28.2 Å². The number of nitrogens with zero attached hydrogens (tertiary/aromatic N) is 5. The summed E-state index contributed by atoms with van der Waals surface area (Å²) in [7, 11) is 4.73. The number of aromatic hydroxyl groups is 2. The van der Waals surface area contributed by atoms with Crippen molar-refractivity contribution in [3.8, 4) is 11.8 Å². The molecule has 0 saturated heterocycles. The third-order valence-electron chi connectivity index (χ3n) is 5.85. The molecule has 3 rings (SSSR count). The summed E-state index contributed by atoms with van der Waals surface area (Å²) in [6.07, 6.45) is 0. The molecule has 200 valence electrons. The highest BCUT2D eigenvalue weighted by atomic mass is 16.6. The van der Waals surface area contributed by atoms with Crippen molar-refractivity contribution < 1.29 is 15.1 Å². The second-order valence-electron chi connectivity index (χ2n) is 8.12. The van der Waals surface area contributed by atoms with Gasteiger partial charge in [-0.2, -0.15) is 0 Å². The van der Waals surface area contributed by atoms with Crippen molar-refractivity contribution in [2.45, 2.75) is 19.8 Å². The fourth-order valence-corrected chi connectivity index (χ4v) is 3.74. The summed E-state index contributed by atoms with van der Waals surface area (Å²) >= 11 is 0. The van der Waals surface area contributed by atoms with Crippen molar-refractivity contribution in [3.63, 3.8) is 0 Å². The van der Waals surface area contributed by atoms with Gasteiger partial charge in [-0.25, -0.2) is 9.59 Å². The maximum Gasteiger partial charge on any atom is 0.333 e. The van der Waals surface area contributed by atoms with Crippen LogP contribution in [0.5, 0.6) is 11.8 Å². The summed E-state index contributed by atoms with van der Waals surface area (Å²) < 4.78 is 2.96. The van der Waals surface area contributed by atoms with Crippen molar-refractivity contribution in [1.82, 2.24) is 23.6 Å². The molecule has 3 N–H and O–H groups in total. The summed E-state index contributed by atoms with van der Waals surface area (Å²) in [5.41, 5.74) is -4.61. The predicted molar refractivity (Wildman–Crippen MR) is 135 cm³/mol. The highest BCUT2D eigenvalue weighted by Gasteiger charge is 2.33. The first-order chi connectivity index (χ1) is 17.3. The van der Waals surface area contributed by atoms with Crippen LogP contribution in [0.25, 0.3) is 0 Å². The maximum absolute atomic E-state index is 13.0. The molecule has 2 heterocycles. The van der Waals surface area contributed by atoms with Gasteiger partial charge in [0.1, 0.15) is 0 Å². The van der Waals surface area contributed by atoms with Crippen LogP contribution in [0.2, 0.25) is 0 Å². The average molecular weight is 519 g/mol. The van der Waals surface area contributed by atoms with E-state index in [0.717, 1.165) is 34.4 Å². The molecule has 0 amide bonds.